The van der Waals surface area contributed by atoms with Crippen molar-refractivity contribution < 1.29 is 9.53 Å². The SMILES string of the molecule is CC(C)(C)[Si]1(C(C)(C)C)C2=CC(=O)C=CC2=Nc2ccc(N3CCOCC3)cc21. The zero-order valence-electron chi connectivity index (χ0n) is 18.5. The summed E-state index contributed by atoms with van der Waals surface area (Å²) in [6.07, 6.45) is 5.46. The molecule has 5 heteroatoms. The van der Waals surface area contributed by atoms with E-state index >= 15 is 0 Å². The third-order valence-corrected chi connectivity index (χ3v) is 13.5. The van der Waals surface area contributed by atoms with Gasteiger partial charge in [-0.1, -0.05) is 41.5 Å². The van der Waals surface area contributed by atoms with Gasteiger partial charge in [0.2, 0.25) is 0 Å². The van der Waals surface area contributed by atoms with Crippen molar-refractivity contribution in [3.8, 4) is 0 Å². The van der Waals surface area contributed by atoms with Crippen LogP contribution in [0.3, 0.4) is 0 Å². The number of ether oxygens (including phenoxy) is 1. The van der Waals surface area contributed by atoms with Crippen molar-refractivity contribution in [3.63, 3.8) is 0 Å². The van der Waals surface area contributed by atoms with Crippen molar-refractivity contribution >= 4 is 36.1 Å². The summed E-state index contributed by atoms with van der Waals surface area (Å²) in [6, 6.07) is 6.77. The third-order valence-electron chi connectivity index (χ3n) is 6.62. The van der Waals surface area contributed by atoms with Gasteiger partial charge in [-0.05, 0) is 56.9 Å². The molecule has 1 aromatic rings. The Morgan fingerprint density at radius 1 is 1.00 bits per heavy atom. The number of aliphatic imine (C=N–C) groups is 1. The molecular formula is C24H32N2O2Si. The largest absolute Gasteiger partial charge is 0.378 e. The van der Waals surface area contributed by atoms with E-state index in [-0.39, 0.29) is 15.9 Å². The Hall–Kier alpha value is -1.98. The van der Waals surface area contributed by atoms with Crippen LogP contribution in [0.2, 0.25) is 10.1 Å². The van der Waals surface area contributed by atoms with E-state index in [1.54, 1.807) is 6.08 Å². The molecule has 2 aliphatic heterocycles. The number of ketones is 1. The lowest BCUT2D eigenvalue weighted by Gasteiger charge is -2.55. The van der Waals surface area contributed by atoms with Crippen molar-refractivity contribution in [1.82, 2.24) is 0 Å². The second kappa shape index (κ2) is 6.78. The molecule has 0 N–H and O–H groups in total. The van der Waals surface area contributed by atoms with Crippen molar-refractivity contribution in [2.24, 2.45) is 4.99 Å². The van der Waals surface area contributed by atoms with Gasteiger partial charge in [0.1, 0.15) is 8.07 Å². The summed E-state index contributed by atoms with van der Waals surface area (Å²) < 4.78 is 5.56. The molecule has 4 nitrogen and oxygen atoms in total. The maximum atomic E-state index is 12.5. The van der Waals surface area contributed by atoms with Crippen LogP contribution in [0.25, 0.3) is 0 Å². The molecule has 1 aromatic carbocycles. The van der Waals surface area contributed by atoms with E-state index in [0.717, 1.165) is 37.7 Å². The minimum Gasteiger partial charge on any atom is -0.378 e. The minimum atomic E-state index is -2.41. The molecule has 0 atom stereocenters. The van der Waals surface area contributed by atoms with Crippen LogP contribution < -0.4 is 10.1 Å². The van der Waals surface area contributed by atoms with E-state index in [0.29, 0.717) is 0 Å². The van der Waals surface area contributed by atoms with Crippen LogP contribution in [0.4, 0.5) is 11.4 Å². The first-order valence-electron chi connectivity index (χ1n) is 10.6. The van der Waals surface area contributed by atoms with Crippen LogP contribution in [-0.2, 0) is 9.53 Å². The maximum absolute atomic E-state index is 12.5. The first-order valence-corrected chi connectivity index (χ1v) is 12.6. The number of rotatable bonds is 1. The summed E-state index contributed by atoms with van der Waals surface area (Å²) in [6.45, 7) is 17.5. The molecule has 4 rings (SSSR count). The summed E-state index contributed by atoms with van der Waals surface area (Å²) in [4.78, 5) is 19.9. The number of carbonyl (C=O) groups is 1. The Balaban J connectivity index is 2.02. The number of anilines is 1. The first kappa shape index (κ1) is 20.3. The molecule has 0 radical (unpaired) electrons. The van der Waals surface area contributed by atoms with Gasteiger partial charge in [0.15, 0.2) is 5.78 Å². The van der Waals surface area contributed by atoms with Gasteiger partial charge < -0.3 is 9.64 Å². The number of hydrogen-bond acceptors (Lipinski definition) is 4. The van der Waals surface area contributed by atoms with E-state index in [9.17, 15) is 4.79 Å². The number of benzene rings is 1. The lowest BCUT2D eigenvalue weighted by molar-refractivity contribution is -0.110. The molecule has 0 spiro atoms. The number of nitrogens with zero attached hydrogens (tertiary/aromatic N) is 2. The van der Waals surface area contributed by atoms with Crippen molar-refractivity contribution in [2.45, 2.75) is 51.6 Å². The van der Waals surface area contributed by atoms with Crippen molar-refractivity contribution in [3.05, 3.63) is 41.6 Å². The van der Waals surface area contributed by atoms with Crippen LogP contribution >= 0.6 is 0 Å². The average Bonchev–Trinajstić information content (AvgIpc) is 2.64. The zero-order chi connectivity index (χ0) is 21.0. The highest BCUT2D eigenvalue weighted by atomic mass is 28.3. The van der Waals surface area contributed by atoms with E-state index in [1.165, 1.54) is 16.1 Å². The Bertz CT molecular complexity index is 925. The maximum Gasteiger partial charge on any atom is 0.178 e. The topological polar surface area (TPSA) is 41.9 Å². The Morgan fingerprint density at radius 3 is 2.28 bits per heavy atom. The van der Waals surface area contributed by atoms with Gasteiger partial charge >= 0.3 is 0 Å². The molecule has 1 aliphatic carbocycles. The zero-order valence-corrected chi connectivity index (χ0v) is 19.5. The smallest absolute Gasteiger partial charge is 0.178 e. The third kappa shape index (κ3) is 3.06. The van der Waals surface area contributed by atoms with Gasteiger partial charge in [-0.25, -0.2) is 4.99 Å². The number of morpholine rings is 1. The van der Waals surface area contributed by atoms with Gasteiger partial charge in [-0.15, -0.1) is 0 Å². The second-order valence-corrected chi connectivity index (χ2v) is 15.9. The fourth-order valence-corrected chi connectivity index (χ4v) is 13.4. The number of hydrogen-bond donors (Lipinski definition) is 0. The molecule has 0 aromatic heterocycles. The molecular weight excluding hydrogens is 376 g/mol. The number of carbonyl (C=O) groups excluding carboxylic acids is 1. The number of allylic oxidation sites excluding steroid dienone is 4. The van der Waals surface area contributed by atoms with Crippen LogP contribution in [-0.4, -0.2) is 45.9 Å². The fourth-order valence-electron chi connectivity index (χ4n) is 5.87. The van der Waals surface area contributed by atoms with E-state index in [1.807, 2.05) is 12.2 Å². The molecule has 29 heavy (non-hydrogen) atoms. The van der Waals surface area contributed by atoms with E-state index in [4.69, 9.17) is 9.73 Å². The van der Waals surface area contributed by atoms with Crippen molar-refractivity contribution in [2.75, 3.05) is 31.2 Å². The van der Waals surface area contributed by atoms with Crippen LogP contribution in [0.1, 0.15) is 41.5 Å². The monoisotopic (exact) mass is 408 g/mol. The van der Waals surface area contributed by atoms with E-state index in [2.05, 4.69) is 64.6 Å². The molecule has 0 saturated carbocycles. The molecule has 3 aliphatic rings. The summed E-state index contributed by atoms with van der Waals surface area (Å²) in [5, 5.41) is 2.58. The first-order chi connectivity index (χ1) is 13.6. The molecule has 1 saturated heterocycles. The highest BCUT2D eigenvalue weighted by molar-refractivity contribution is 7.06. The molecule has 154 valence electrons. The quantitative estimate of drug-likeness (QED) is 0.509. The van der Waals surface area contributed by atoms with Gasteiger partial charge in [0, 0.05) is 18.8 Å². The normalized spacial score (nSPS) is 21.3. The summed E-state index contributed by atoms with van der Waals surface area (Å²) in [5.74, 6) is 0.0807. The molecule has 0 unspecified atom stereocenters. The Labute approximate surface area is 175 Å². The predicted molar refractivity (Wildman–Crippen MR) is 124 cm³/mol. The second-order valence-electron chi connectivity index (χ2n) is 10.3. The highest BCUT2D eigenvalue weighted by Crippen LogP contribution is 2.57. The Kier molecular flexibility index (Phi) is 4.74. The highest BCUT2D eigenvalue weighted by Gasteiger charge is 2.60. The number of fused-ring (bicyclic) bond motifs is 2. The van der Waals surface area contributed by atoms with Crippen LogP contribution in [0.15, 0.2) is 46.6 Å². The van der Waals surface area contributed by atoms with Crippen LogP contribution in [0.5, 0.6) is 0 Å². The predicted octanol–water partition coefficient (Wildman–Crippen LogP) is 4.47. The van der Waals surface area contributed by atoms with Gasteiger partial charge in [0.05, 0.1) is 24.6 Å². The van der Waals surface area contributed by atoms with Crippen LogP contribution in [0, 0.1) is 0 Å². The molecule has 0 amide bonds. The summed E-state index contributed by atoms with van der Waals surface area (Å²) >= 11 is 0. The average molecular weight is 409 g/mol. The standard InChI is InChI=1S/C24H32N2O2Si/c1-23(2,3)29(24(4,5)6)21-15-17(26-11-13-28-14-12-26)7-9-19(21)25-20-10-8-18(27)16-22(20)29/h7-10,15-16H,11-14H2,1-6H3. The molecule has 0 bridgehead atoms. The minimum absolute atomic E-state index is 0.0160. The lowest BCUT2D eigenvalue weighted by Crippen LogP contribution is -2.66. The Morgan fingerprint density at radius 2 is 1.66 bits per heavy atom. The summed E-state index contributed by atoms with van der Waals surface area (Å²) in [5.41, 5.74) is 3.30. The summed E-state index contributed by atoms with van der Waals surface area (Å²) in [7, 11) is -2.41. The molecule has 2 heterocycles. The molecule has 1 fully saturated rings. The van der Waals surface area contributed by atoms with Gasteiger partial charge in [-0.2, -0.15) is 0 Å². The van der Waals surface area contributed by atoms with Crippen molar-refractivity contribution in [1.29, 1.82) is 0 Å². The van der Waals surface area contributed by atoms with Gasteiger partial charge in [-0.3, -0.25) is 4.79 Å². The van der Waals surface area contributed by atoms with E-state index < -0.39 is 8.07 Å². The fraction of sp³-hybridized carbons (Fsp3) is 0.500. The van der Waals surface area contributed by atoms with Gasteiger partial charge in [0.25, 0.3) is 0 Å². The lowest BCUT2D eigenvalue weighted by atomic mass is 10.1.